The van der Waals surface area contributed by atoms with Crippen LogP contribution in [-0.2, 0) is 5.54 Å². The topological polar surface area (TPSA) is 41.6 Å². The van der Waals surface area contributed by atoms with Gasteiger partial charge in [0, 0.05) is 11.6 Å². The lowest BCUT2D eigenvalue weighted by Gasteiger charge is -2.39. The zero-order valence-electron chi connectivity index (χ0n) is 11.0. The maximum absolute atomic E-state index is 6.12. The summed E-state index contributed by atoms with van der Waals surface area (Å²) in [6, 6.07) is 8.04. The summed E-state index contributed by atoms with van der Waals surface area (Å²) >= 11 is 6.12. The first-order valence-corrected chi connectivity index (χ1v) is 6.85. The van der Waals surface area contributed by atoms with E-state index in [0.717, 1.165) is 31.0 Å². The van der Waals surface area contributed by atoms with Crippen molar-refractivity contribution in [2.75, 3.05) is 13.1 Å². The molecule has 1 aliphatic heterocycles. The van der Waals surface area contributed by atoms with Gasteiger partial charge in [-0.1, -0.05) is 37.6 Å². The van der Waals surface area contributed by atoms with Gasteiger partial charge < -0.3 is 10.6 Å². The third-order valence-corrected chi connectivity index (χ3v) is 3.93. The zero-order valence-corrected chi connectivity index (χ0v) is 11.7. The molecule has 1 atom stereocenters. The highest BCUT2D eigenvalue weighted by molar-refractivity contribution is 6.30. The van der Waals surface area contributed by atoms with Gasteiger partial charge in [-0.3, -0.25) is 4.99 Å². The molecule has 0 amide bonds. The predicted molar refractivity (Wildman–Crippen MR) is 76.9 cm³/mol. The average molecular weight is 266 g/mol. The van der Waals surface area contributed by atoms with Crippen LogP contribution in [0.4, 0.5) is 0 Å². The van der Waals surface area contributed by atoms with Crippen LogP contribution >= 0.6 is 11.6 Å². The third kappa shape index (κ3) is 2.07. The molecule has 0 fully saturated rings. The number of nitrogens with two attached hydrogens (primary N) is 1. The van der Waals surface area contributed by atoms with E-state index in [1.807, 2.05) is 18.2 Å². The Kier molecular flexibility index (Phi) is 3.81. The molecular weight excluding hydrogens is 246 g/mol. The average Bonchev–Trinajstić information content (AvgIpc) is 2.69. The first kappa shape index (κ1) is 13.2. The predicted octanol–water partition coefficient (Wildman–Crippen LogP) is 2.99. The highest BCUT2D eigenvalue weighted by Crippen LogP contribution is 2.37. The largest absolute Gasteiger partial charge is 0.370 e. The second kappa shape index (κ2) is 5.19. The van der Waals surface area contributed by atoms with Crippen molar-refractivity contribution in [2.45, 2.75) is 32.2 Å². The first-order chi connectivity index (χ1) is 8.64. The van der Waals surface area contributed by atoms with Crippen molar-refractivity contribution in [3.8, 4) is 0 Å². The second-order valence-electron chi connectivity index (χ2n) is 4.72. The number of guanidine groups is 1. The number of halogens is 1. The molecule has 0 saturated carbocycles. The number of aliphatic imine (C=N–C) groups is 1. The van der Waals surface area contributed by atoms with Crippen LogP contribution in [0.2, 0.25) is 5.02 Å². The first-order valence-electron chi connectivity index (χ1n) is 6.47. The van der Waals surface area contributed by atoms with Crippen LogP contribution in [-0.4, -0.2) is 23.9 Å². The molecule has 4 heteroatoms. The molecule has 1 aromatic carbocycles. The number of nitrogens with zero attached hydrogens (tertiary/aromatic N) is 2. The molecule has 2 N–H and O–H groups in total. The summed E-state index contributed by atoms with van der Waals surface area (Å²) in [6.45, 7) is 5.98. The van der Waals surface area contributed by atoms with Crippen molar-refractivity contribution >= 4 is 17.6 Å². The summed E-state index contributed by atoms with van der Waals surface area (Å²) in [7, 11) is 0. The Morgan fingerprint density at radius 3 is 2.83 bits per heavy atom. The second-order valence-corrected chi connectivity index (χ2v) is 5.16. The van der Waals surface area contributed by atoms with Gasteiger partial charge in [0.05, 0.1) is 12.1 Å². The normalized spacial score (nSPS) is 23.3. The number of hydrogen-bond donors (Lipinski definition) is 1. The summed E-state index contributed by atoms with van der Waals surface area (Å²) in [6.07, 6.45) is 2.02. The van der Waals surface area contributed by atoms with E-state index in [1.165, 1.54) is 5.56 Å². The van der Waals surface area contributed by atoms with Crippen LogP contribution in [0.25, 0.3) is 0 Å². The van der Waals surface area contributed by atoms with E-state index >= 15 is 0 Å². The number of rotatable bonds is 4. The van der Waals surface area contributed by atoms with Gasteiger partial charge in [0.1, 0.15) is 0 Å². The van der Waals surface area contributed by atoms with Gasteiger partial charge in [0.25, 0.3) is 0 Å². The molecule has 0 saturated heterocycles. The molecule has 0 bridgehead atoms. The molecule has 1 aliphatic rings. The Labute approximate surface area is 114 Å². The van der Waals surface area contributed by atoms with Crippen molar-refractivity contribution < 1.29 is 0 Å². The minimum absolute atomic E-state index is 0.120. The minimum Gasteiger partial charge on any atom is -0.370 e. The maximum Gasteiger partial charge on any atom is 0.192 e. The highest BCUT2D eigenvalue weighted by atomic mass is 35.5. The van der Waals surface area contributed by atoms with Crippen LogP contribution < -0.4 is 5.73 Å². The summed E-state index contributed by atoms with van der Waals surface area (Å²) in [5.74, 6) is 0.652. The molecular formula is C14H20ClN3. The standard InChI is InChI=1S/C14H20ClN3/c1-3-8-18-13(16)17-10-14(18,4-2)11-6-5-7-12(15)9-11/h5-7,9H,3-4,8,10H2,1-2H3,(H2,16,17). The van der Waals surface area contributed by atoms with Crippen LogP contribution in [0, 0.1) is 0 Å². The molecule has 1 heterocycles. The third-order valence-electron chi connectivity index (χ3n) is 3.69. The molecule has 2 rings (SSSR count). The molecule has 0 radical (unpaired) electrons. The van der Waals surface area contributed by atoms with E-state index in [1.54, 1.807) is 0 Å². The molecule has 1 aromatic rings. The molecule has 98 valence electrons. The fraction of sp³-hybridized carbons (Fsp3) is 0.500. The number of hydrogen-bond acceptors (Lipinski definition) is 3. The lowest BCUT2D eigenvalue weighted by molar-refractivity contribution is 0.194. The Morgan fingerprint density at radius 1 is 1.44 bits per heavy atom. The van der Waals surface area contributed by atoms with E-state index in [2.05, 4.69) is 29.8 Å². The van der Waals surface area contributed by atoms with E-state index in [9.17, 15) is 0 Å². The molecule has 18 heavy (non-hydrogen) atoms. The van der Waals surface area contributed by atoms with Crippen molar-refractivity contribution in [2.24, 2.45) is 10.7 Å². The van der Waals surface area contributed by atoms with Crippen LogP contribution in [0.1, 0.15) is 32.3 Å². The monoisotopic (exact) mass is 265 g/mol. The van der Waals surface area contributed by atoms with Crippen molar-refractivity contribution in [1.29, 1.82) is 0 Å². The van der Waals surface area contributed by atoms with Gasteiger partial charge in [-0.05, 0) is 30.5 Å². The molecule has 3 nitrogen and oxygen atoms in total. The lowest BCUT2D eigenvalue weighted by Crippen LogP contribution is -2.49. The van der Waals surface area contributed by atoms with Crippen molar-refractivity contribution in [3.63, 3.8) is 0 Å². The van der Waals surface area contributed by atoms with Crippen molar-refractivity contribution in [3.05, 3.63) is 34.9 Å². The van der Waals surface area contributed by atoms with E-state index < -0.39 is 0 Å². The van der Waals surface area contributed by atoms with Crippen LogP contribution in [0.3, 0.4) is 0 Å². The minimum atomic E-state index is -0.120. The quantitative estimate of drug-likeness (QED) is 0.909. The van der Waals surface area contributed by atoms with Gasteiger partial charge in [0.15, 0.2) is 5.96 Å². The van der Waals surface area contributed by atoms with Crippen LogP contribution in [0.15, 0.2) is 29.3 Å². The Hall–Kier alpha value is -1.22. The maximum atomic E-state index is 6.12. The van der Waals surface area contributed by atoms with E-state index in [4.69, 9.17) is 17.3 Å². The fourth-order valence-corrected chi connectivity index (χ4v) is 2.88. The van der Waals surface area contributed by atoms with E-state index in [-0.39, 0.29) is 5.54 Å². The zero-order chi connectivity index (χ0) is 13.2. The molecule has 0 spiro atoms. The summed E-state index contributed by atoms with van der Waals surface area (Å²) in [5.41, 5.74) is 7.12. The Morgan fingerprint density at radius 2 is 2.22 bits per heavy atom. The lowest BCUT2D eigenvalue weighted by atomic mass is 9.86. The van der Waals surface area contributed by atoms with E-state index in [0.29, 0.717) is 5.96 Å². The molecule has 1 unspecified atom stereocenters. The van der Waals surface area contributed by atoms with Gasteiger partial charge in [-0.25, -0.2) is 0 Å². The van der Waals surface area contributed by atoms with Crippen molar-refractivity contribution in [1.82, 2.24) is 4.90 Å². The number of benzene rings is 1. The Bertz CT molecular complexity index is 458. The molecule has 0 aliphatic carbocycles. The smallest absolute Gasteiger partial charge is 0.192 e. The Balaban J connectivity index is 2.42. The van der Waals surface area contributed by atoms with Gasteiger partial charge >= 0.3 is 0 Å². The van der Waals surface area contributed by atoms with Gasteiger partial charge in [0.2, 0.25) is 0 Å². The van der Waals surface area contributed by atoms with Gasteiger partial charge in [-0.15, -0.1) is 0 Å². The molecule has 0 aromatic heterocycles. The highest BCUT2D eigenvalue weighted by Gasteiger charge is 2.41. The summed E-state index contributed by atoms with van der Waals surface area (Å²) < 4.78 is 0. The van der Waals surface area contributed by atoms with Gasteiger partial charge in [-0.2, -0.15) is 0 Å². The van der Waals surface area contributed by atoms with Crippen LogP contribution in [0.5, 0.6) is 0 Å². The SMILES string of the molecule is CCCN1C(N)=NCC1(CC)c1cccc(Cl)c1. The fourth-order valence-electron chi connectivity index (χ4n) is 2.69. The summed E-state index contributed by atoms with van der Waals surface area (Å²) in [4.78, 5) is 6.66. The summed E-state index contributed by atoms with van der Waals surface area (Å²) in [5, 5.41) is 0.766.